The van der Waals surface area contributed by atoms with Crippen molar-refractivity contribution in [3.63, 3.8) is 0 Å². The molecule has 1 atom stereocenters. The van der Waals surface area contributed by atoms with Gasteiger partial charge in [0.2, 0.25) is 11.8 Å². The van der Waals surface area contributed by atoms with Crippen molar-refractivity contribution < 1.29 is 19.4 Å². The van der Waals surface area contributed by atoms with Gasteiger partial charge in [0.05, 0.1) is 6.61 Å². The Morgan fingerprint density at radius 3 is 2.73 bits per heavy atom. The number of amides is 1. The average Bonchev–Trinajstić information content (AvgIpc) is 2.41. The number of nitriles is 1. The fourth-order valence-corrected chi connectivity index (χ4v) is 1.25. The lowest BCUT2D eigenvalue weighted by Gasteiger charge is -2.13. The molecule has 1 aliphatic heterocycles. The number of ether oxygens (including phenoxy) is 1. The van der Waals surface area contributed by atoms with Crippen molar-refractivity contribution >= 4 is 11.9 Å². The molecule has 0 aromatic carbocycles. The van der Waals surface area contributed by atoms with Gasteiger partial charge < -0.3 is 9.84 Å². The van der Waals surface area contributed by atoms with E-state index < -0.39 is 17.3 Å². The summed E-state index contributed by atoms with van der Waals surface area (Å²) in [6.45, 7) is 3.09. The van der Waals surface area contributed by atoms with Crippen LogP contribution in [0.4, 0.5) is 0 Å². The predicted molar refractivity (Wildman–Crippen MR) is 48.2 cm³/mol. The number of carboxylic acid groups (broad SMARTS) is 1. The SMILES string of the molecule is CCOC1=C(C#N)C(C)(C(=O)O)C(=O)N1. The summed E-state index contributed by atoms with van der Waals surface area (Å²) < 4.78 is 4.98. The van der Waals surface area contributed by atoms with Gasteiger partial charge in [0.25, 0.3) is 0 Å². The first-order valence-electron chi connectivity index (χ1n) is 4.31. The van der Waals surface area contributed by atoms with Gasteiger partial charge in [-0.25, -0.2) is 0 Å². The zero-order valence-corrected chi connectivity index (χ0v) is 8.33. The van der Waals surface area contributed by atoms with E-state index in [0.717, 1.165) is 0 Å². The quantitative estimate of drug-likeness (QED) is 0.637. The van der Waals surface area contributed by atoms with Crippen LogP contribution in [-0.2, 0) is 14.3 Å². The topological polar surface area (TPSA) is 99.4 Å². The molecule has 0 bridgehead atoms. The molecule has 0 saturated carbocycles. The second-order valence-corrected chi connectivity index (χ2v) is 3.13. The van der Waals surface area contributed by atoms with Crippen molar-refractivity contribution in [3.8, 4) is 6.07 Å². The lowest BCUT2D eigenvalue weighted by molar-refractivity contribution is -0.150. The Hall–Kier alpha value is -2.03. The summed E-state index contributed by atoms with van der Waals surface area (Å²) in [5, 5.41) is 20.0. The normalized spacial score (nSPS) is 24.7. The second kappa shape index (κ2) is 3.61. The van der Waals surface area contributed by atoms with E-state index in [9.17, 15) is 9.59 Å². The van der Waals surface area contributed by atoms with E-state index in [1.807, 2.05) is 0 Å². The van der Waals surface area contributed by atoms with Crippen LogP contribution in [0.25, 0.3) is 0 Å². The van der Waals surface area contributed by atoms with E-state index in [2.05, 4.69) is 5.32 Å². The highest BCUT2D eigenvalue weighted by Gasteiger charge is 2.52. The maximum Gasteiger partial charge on any atom is 0.324 e. The van der Waals surface area contributed by atoms with Crippen LogP contribution in [0, 0.1) is 16.7 Å². The molecule has 0 radical (unpaired) electrons. The summed E-state index contributed by atoms with van der Waals surface area (Å²) in [5.41, 5.74) is -2.04. The van der Waals surface area contributed by atoms with Gasteiger partial charge in [0, 0.05) is 0 Å². The first-order chi connectivity index (χ1) is 6.98. The molecule has 0 saturated heterocycles. The van der Waals surface area contributed by atoms with Gasteiger partial charge in [-0.05, 0) is 13.8 Å². The number of hydrogen-bond donors (Lipinski definition) is 2. The Labute approximate surface area is 86.1 Å². The van der Waals surface area contributed by atoms with Crippen LogP contribution in [0.5, 0.6) is 0 Å². The lowest BCUT2D eigenvalue weighted by atomic mass is 9.84. The van der Waals surface area contributed by atoms with Gasteiger partial charge in [-0.2, -0.15) is 5.26 Å². The first kappa shape index (κ1) is 11.0. The Bertz CT molecular complexity index is 393. The Morgan fingerprint density at radius 1 is 1.73 bits per heavy atom. The number of nitrogens with zero attached hydrogens (tertiary/aromatic N) is 1. The van der Waals surface area contributed by atoms with Crippen LogP contribution in [0.15, 0.2) is 11.5 Å². The highest BCUT2D eigenvalue weighted by atomic mass is 16.5. The third-order valence-corrected chi connectivity index (χ3v) is 2.24. The highest BCUT2D eigenvalue weighted by molar-refractivity contribution is 6.08. The minimum Gasteiger partial charge on any atom is -0.480 e. The summed E-state index contributed by atoms with van der Waals surface area (Å²) in [6.07, 6.45) is 0. The third kappa shape index (κ3) is 1.42. The summed E-state index contributed by atoms with van der Waals surface area (Å²) in [5.74, 6) is -2.18. The number of carbonyl (C=O) groups excluding carboxylic acids is 1. The van der Waals surface area contributed by atoms with Crippen molar-refractivity contribution in [2.75, 3.05) is 6.61 Å². The molecular weight excluding hydrogens is 200 g/mol. The summed E-state index contributed by atoms with van der Waals surface area (Å²) >= 11 is 0. The number of rotatable bonds is 3. The molecule has 2 N–H and O–H groups in total. The van der Waals surface area contributed by atoms with Crippen LogP contribution in [-0.4, -0.2) is 23.6 Å². The predicted octanol–water partition coefficient (Wildman–Crippen LogP) is -0.0212. The zero-order chi connectivity index (χ0) is 11.6. The molecule has 1 rings (SSSR count). The van der Waals surface area contributed by atoms with Crippen molar-refractivity contribution in [1.82, 2.24) is 5.32 Å². The van der Waals surface area contributed by atoms with E-state index >= 15 is 0 Å². The van der Waals surface area contributed by atoms with Crippen molar-refractivity contribution in [2.45, 2.75) is 13.8 Å². The molecule has 80 valence electrons. The smallest absolute Gasteiger partial charge is 0.324 e. The molecule has 15 heavy (non-hydrogen) atoms. The first-order valence-corrected chi connectivity index (χ1v) is 4.31. The molecule has 0 aromatic heterocycles. The van der Waals surface area contributed by atoms with E-state index in [4.69, 9.17) is 15.1 Å². The fourth-order valence-electron chi connectivity index (χ4n) is 1.25. The van der Waals surface area contributed by atoms with Crippen LogP contribution >= 0.6 is 0 Å². The third-order valence-electron chi connectivity index (χ3n) is 2.24. The maximum absolute atomic E-state index is 11.4. The van der Waals surface area contributed by atoms with Gasteiger partial charge in [0.15, 0.2) is 5.41 Å². The minimum absolute atomic E-state index is 0.0603. The Balaban J connectivity index is 3.25. The van der Waals surface area contributed by atoms with E-state index in [1.54, 1.807) is 13.0 Å². The second-order valence-electron chi connectivity index (χ2n) is 3.13. The Kier molecular flexibility index (Phi) is 2.66. The van der Waals surface area contributed by atoms with Gasteiger partial charge in [0.1, 0.15) is 11.6 Å². The summed E-state index contributed by atoms with van der Waals surface area (Å²) in [4.78, 5) is 22.4. The van der Waals surface area contributed by atoms with Gasteiger partial charge in [-0.3, -0.25) is 14.9 Å². The van der Waals surface area contributed by atoms with Crippen LogP contribution in [0.1, 0.15) is 13.8 Å². The van der Waals surface area contributed by atoms with Crippen LogP contribution in [0.2, 0.25) is 0 Å². The number of aliphatic carboxylic acids is 1. The van der Waals surface area contributed by atoms with Gasteiger partial charge >= 0.3 is 5.97 Å². The molecular formula is C9H10N2O4. The number of nitrogens with one attached hydrogen (secondary N) is 1. The molecule has 0 spiro atoms. The van der Waals surface area contributed by atoms with Gasteiger partial charge in [-0.15, -0.1) is 0 Å². The number of carboxylic acids is 1. The number of hydrogen-bond acceptors (Lipinski definition) is 4. The number of carbonyl (C=O) groups is 2. The molecule has 6 nitrogen and oxygen atoms in total. The Morgan fingerprint density at radius 2 is 2.33 bits per heavy atom. The van der Waals surface area contributed by atoms with Crippen LogP contribution in [0.3, 0.4) is 0 Å². The van der Waals surface area contributed by atoms with Crippen molar-refractivity contribution in [2.24, 2.45) is 5.41 Å². The molecule has 0 aliphatic carbocycles. The summed E-state index contributed by atoms with van der Waals surface area (Å²) in [7, 11) is 0. The fraction of sp³-hybridized carbons (Fsp3) is 0.444. The van der Waals surface area contributed by atoms with E-state index in [-0.39, 0.29) is 18.1 Å². The summed E-state index contributed by atoms with van der Waals surface area (Å²) in [6, 6.07) is 1.69. The molecule has 1 heterocycles. The highest BCUT2D eigenvalue weighted by Crippen LogP contribution is 2.34. The van der Waals surface area contributed by atoms with E-state index in [0.29, 0.717) is 0 Å². The molecule has 0 fully saturated rings. The van der Waals surface area contributed by atoms with Crippen molar-refractivity contribution in [3.05, 3.63) is 11.5 Å². The lowest BCUT2D eigenvalue weighted by Crippen LogP contribution is -2.38. The minimum atomic E-state index is -1.85. The zero-order valence-electron chi connectivity index (χ0n) is 8.33. The standard InChI is InChI=1S/C9H10N2O4/c1-3-15-6-5(4-10)9(2,8(13)14)7(12)11-6/h3H2,1-2H3,(H,11,12)(H,13,14). The molecule has 6 heteroatoms. The molecule has 0 aromatic rings. The molecule has 1 amide bonds. The van der Waals surface area contributed by atoms with Crippen molar-refractivity contribution in [1.29, 1.82) is 5.26 Å². The van der Waals surface area contributed by atoms with Crippen LogP contribution < -0.4 is 5.32 Å². The maximum atomic E-state index is 11.4. The van der Waals surface area contributed by atoms with E-state index in [1.165, 1.54) is 6.92 Å². The average molecular weight is 210 g/mol. The molecule has 1 aliphatic rings. The largest absolute Gasteiger partial charge is 0.480 e. The molecule has 1 unspecified atom stereocenters. The van der Waals surface area contributed by atoms with Gasteiger partial charge in [-0.1, -0.05) is 0 Å². The monoisotopic (exact) mass is 210 g/mol.